The number of morpholine rings is 1. The average molecular weight is 441 g/mol. The lowest BCUT2D eigenvalue weighted by Crippen LogP contribution is -2.40. The van der Waals surface area contributed by atoms with Crippen LogP contribution in [-0.4, -0.2) is 60.9 Å². The summed E-state index contributed by atoms with van der Waals surface area (Å²) in [6.45, 7) is 5.08. The van der Waals surface area contributed by atoms with Gasteiger partial charge in [-0.05, 0) is 50.2 Å². The number of pyridine rings is 2. The number of hydrogen-bond acceptors (Lipinski definition) is 6. The Labute approximate surface area is 181 Å². The molecule has 1 aliphatic rings. The van der Waals surface area contributed by atoms with Crippen LogP contribution < -0.4 is 5.32 Å². The molecule has 1 aliphatic heterocycles. The van der Waals surface area contributed by atoms with Gasteiger partial charge in [-0.25, -0.2) is 13.4 Å². The Balaban J connectivity index is 1.86. The van der Waals surface area contributed by atoms with Crippen molar-refractivity contribution < 1.29 is 17.9 Å². The normalized spacial score (nSPS) is 15.3. The second-order valence-corrected chi connectivity index (χ2v) is 9.53. The Morgan fingerprint density at radius 3 is 2.55 bits per heavy atom. The molecular weight excluding hydrogens is 416 g/mol. The highest BCUT2D eigenvalue weighted by Gasteiger charge is 2.27. The topological polar surface area (TPSA) is 101 Å². The first kappa shape index (κ1) is 21.4. The lowest BCUT2D eigenvalue weighted by atomic mass is 10.1. The molecule has 0 saturated carbocycles. The molecule has 2 aromatic heterocycles. The van der Waals surface area contributed by atoms with Crippen molar-refractivity contribution in [1.82, 2.24) is 19.6 Å². The van der Waals surface area contributed by atoms with Gasteiger partial charge in [-0.15, -0.1) is 0 Å². The summed E-state index contributed by atoms with van der Waals surface area (Å²) in [4.78, 5) is 22.1. The van der Waals surface area contributed by atoms with E-state index >= 15 is 0 Å². The number of nitrogens with zero attached hydrogens (tertiary/aromatic N) is 3. The van der Waals surface area contributed by atoms with E-state index in [2.05, 4.69) is 15.3 Å². The van der Waals surface area contributed by atoms with E-state index in [1.54, 1.807) is 24.4 Å². The zero-order valence-corrected chi connectivity index (χ0v) is 18.2. The SMILES string of the molecule is CC(C)NC(=O)c1cc(-c2ccccn2)nc2ccc(S(=O)(=O)N3CCOCC3)cc12. The van der Waals surface area contributed by atoms with Gasteiger partial charge >= 0.3 is 0 Å². The number of rotatable bonds is 5. The second-order valence-electron chi connectivity index (χ2n) is 7.59. The third-order valence-corrected chi connectivity index (χ3v) is 6.87. The fraction of sp³-hybridized carbons (Fsp3) is 0.318. The Kier molecular flexibility index (Phi) is 5.99. The molecule has 31 heavy (non-hydrogen) atoms. The molecule has 1 aromatic carbocycles. The number of ether oxygens (including phenoxy) is 1. The second kappa shape index (κ2) is 8.70. The molecule has 4 rings (SSSR count). The quantitative estimate of drug-likeness (QED) is 0.654. The van der Waals surface area contributed by atoms with Gasteiger partial charge in [0.25, 0.3) is 5.91 Å². The highest BCUT2D eigenvalue weighted by Crippen LogP contribution is 2.27. The number of fused-ring (bicyclic) bond motifs is 1. The van der Waals surface area contributed by atoms with Crippen LogP contribution >= 0.6 is 0 Å². The van der Waals surface area contributed by atoms with Crippen molar-refractivity contribution in [2.45, 2.75) is 24.8 Å². The monoisotopic (exact) mass is 440 g/mol. The number of hydrogen-bond donors (Lipinski definition) is 1. The molecule has 1 N–H and O–H groups in total. The number of carbonyl (C=O) groups excluding carboxylic acids is 1. The number of carbonyl (C=O) groups is 1. The van der Waals surface area contributed by atoms with Crippen molar-refractivity contribution >= 4 is 26.8 Å². The van der Waals surface area contributed by atoms with Gasteiger partial charge in [-0.2, -0.15) is 4.31 Å². The Hall–Kier alpha value is -2.88. The number of aromatic nitrogens is 2. The van der Waals surface area contributed by atoms with Gasteiger partial charge in [0.2, 0.25) is 10.0 Å². The fourth-order valence-corrected chi connectivity index (χ4v) is 4.91. The number of amides is 1. The van der Waals surface area contributed by atoms with Crippen LogP contribution in [0, 0.1) is 0 Å². The van der Waals surface area contributed by atoms with Crippen LogP contribution in [0.25, 0.3) is 22.3 Å². The maximum atomic E-state index is 13.1. The molecule has 1 amide bonds. The van der Waals surface area contributed by atoms with E-state index in [1.807, 2.05) is 26.0 Å². The van der Waals surface area contributed by atoms with Gasteiger partial charge in [-0.3, -0.25) is 9.78 Å². The fourth-order valence-electron chi connectivity index (χ4n) is 3.47. The summed E-state index contributed by atoms with van der Waals surface area (Å²) in [7, 11) is -3.70. The van der Waals surface area contributed by atoms with Crippen LogP contribution in [0.1, 0.15) is 24.2 Å². The zero-order chi connectivity index (χ0) is 22.0. The van der Waals surface area contributed by atoms with E-state index < -0.39 is 10.0 Å². The van der Waals surface area contributed by atoms with Gasteiger partial charge in [0.05, 0.1) is 40.6 Å². The van der Waals surface area contributed by atoms with Crippen LogP contribution in [0.15, 0.2) is 53.6 Å². The summed E-state index contributed by atoms with van der Waals surface area (Å²) in [6.07, 6.45) is 1.66. The smallest absolute Gasteiger partial charge is 0.252 e. The molecular formula is C22H24N4O4S. The van der Waals surface area contributed by atoms with Crippen molar-refractivity contribution in [3.8, 4) is 11.4 Å². The first-order chi connectivity index (χ1) is 14.9. The molecule has 9 heteroatoms. The number of sulfonamides is 1. The van der Waals surface area contributed by atoms with Crippen molar-refractivity contribution in [2.75, 3.05) is 26.3 Å². The molecule has 3 aromatic rings. The molecule has 1 saturated heterocycles. The zero-order valence-electron chi connectivity index (χ0n) is 17.4. The molecule has 0 bridgehead atoms. The Bertz CT molecular complexity index is 1210. The molecule has 1 fully saturated rings. The summed E-state index contributed by atoms with van der Waals surface area (Å²) in [5.41, 5.74) is 2.06. The Morgan fingerprint density at radius 1 is 1.10 bits per heavy atom. The molecule has 3 heterocycles. The van der Waals surface area contributed by atoms with Crippen molar-refractivity contribution in [3.63, 3.8) is 0 Å². The predicted octanol–water partition coefficient (Wildman–Crippen LogP) is 2.46. The first-order valence-corrected chi connectivity index (χ1v) is 11.6. The van der Waals surface area contributed by atoms with Gasteiger partial charge < -0.3 is 10.1 Å². The molecule has 162 valence electrons. The van der Waals surface area contributed by atoms with E-state index in [0.717, 1.165) is 0 Å². The molecule has 0 atom stereocenters. The molecule has 0 aliphatic carbocycles. The van der Waals surface area contributed by atoms with Crippen LogP contribution in [0.4, 0.5) is 0 Å². The number of benzene rings is 1. The van der Waals surface area contributed by atoms with Gasteiger partial charge in [-0.1, -0.05) is 6.07 Å². The minimum absolute atomic E-state index is 0.0747. The van der Waals surface area contributed by atoms with E-state index in [9.17, 15) is 13.2 Å². The van der Waals surface area contributed by atoms with Crippen LogP contribution in [0.5, 0.6) is 0 Å². The standard InChI is InChI=1S/C22H24N4O4S/c1-15(2)24-22(27)18-14-21(20-5-3-4-8-23-20)25-19-7-6-16(13-17(18)19)31(28,29)26-9-11-30-12-10-26/h3-8,13-15H,9-12H2,1-2H3,(H,24,27). The van der Waals surface area contributed by atoms with Crippen molar-refractivity contribution in [1.29, 1.82) is 0 Å². The maximum absolute atomic E-state index is 13.1. The van der Waals surface area contributed by atoms with E-state index in [-0.39, 0.29) is 16.8 Å². The highest BCUT2D eigenvalue weighted by atomic mass is 32.2. The Morgan fingerprint density at radius 2 is 1.87 bits per heavy atom. The maximum Gasteiger partial charge on any atom is 0.252 e. The van der Waals surface area contributed by atoms with E-state index in [0.29, 0.717) is 54.2 Å². The summed E-state index contributed by atoms with van der Waals surface area (Å²) >= 11 is 0. The first-order valence-electron chi connectivity index (χ1n) is 10.1. The summed E-state index contributed by atoms with van der Waals surface area (Å²) < 4.78 is 32.9. The summed E-state index contributed by atoms with van der Waals surface area (Å²) in [6, 6.07) is 11.8. The predicted molar refractivity (Wildman–Crippen MR) is 117 cm³/mol. The minimum Gasteiger partial charge on any atom is -0.379 e. The van der Waals surface area contributed by atoms with Gasteiger partial charge in [0, 0.05) is 30.7 Å². The lowest BCUT2D eigenvalue weighted by molar-refractivity contribution is 0.0730. The third kappa shape index (κ3) is 4.43. The average Bonchev–Trinajstić information content (AvgIpc) is 2.78. The summed E-state index contributed by atoms with van der Waals surface area (Å²) in [5, 5.41) is 3.37. The van der Waals surface area contributed by atoms with Crippen LogP contribution in [0.3, 0.4) is 0 Å². The molecule has 0 unspecified atom stereocenters. The molecule has 0 radical (unpaired) electrons. The van der Waals surface area contributed by atoms with Crippen molar-refractivity contribution in [3.05, 3.63) is 54.2 Å². The van der Waals surface area contributed by atoms with E-state index in [1.165, 1.54) is 16.4 Å². The lowest BCUT2D eigenvalue weighted by Gasteiger charge is -2.26. The van der Waals surface area contributed by atoms with Gasteiger partial charge in [0.15, 0.2) is 0 Å². The number of nitrogens with one attached hydrogen (secondary N) is 1. The van der Waals surface area contributed by atoms with E-state index in [4.69, 9.17) is 4.74 Å². The van der Waals surface area contributed by atoms with Crippen molar-refractivity contribution in [2.24, 2.45) is 0 Å². The third-order valence-electron chi connectivity index (χ3n) is 4.98. The van der Waals surface area contributed by atoms with Gasteiger partial charge in [0.1, 0.15) is 0 Å². The highest BCUT2D eigenvalue weighted by molar-refractivity contribution is 7.89. The largest absolute Gasteiger partial charge is 0.379 e. The summed E-state index contributed by atoms with van der Waals surface area (Å²) in [5.74, 6) is -0.291. The molecule has 0 spiro atoms. The van der Waals surface area contributed by atoms with Crippen LogP contribution in [0.2, 0.25) is 0 Å². The van der Waals surface area contributed by atoms with Crippen LogP contribution in [-0.2, 0) is 14.8 Å². The minimum atomic E-state index is -3.70. The molecule has 8 nitrogen and oxygen atoms in total.